The molecular weight excluding hydrogens is 350 g/mol. The van der Waals surface area contributed by atoms with E-state index in [-0.39, 0.29) is 30.3 Å². The van der Waals surface area contributed by atoms with Crippen LogP contribution in [-0.2, 0) is 19.2 Å². The largest absolute Gasteiger partial charge is 0.443 e. The van der Waals surface area contributed by atoms with Gasteiger partial charge in [0.05, 0.1) is 18.7 Å². The van der Waals surface area contributed by atoms with Crippen LogP contribution in [0.4, 0.5) is 4.79 Å². The summed E-state index contributed by atoms with van der Waals surface area (Å²) < 4.78 is 5.24. The molecule has 0 radical (unpaired) electrons. The molecule has 2 rings (SSSR count). The first-order chi connectivity index (χ1) is 12.7. The van der Waals surface area contributed by atoms with E-state index in [4.69, 9.17) is 16.0 Å². The third-order valence-corrected chi connectivity index (χ3v) is 4.81. The van der Waals surface area contributed by atoms with Crippen LogP contribution >= 0.6 is 0 Å². The minimum Gasteiger partial charge on any atom is -0.443 e. The molecule has 8 heteroatoms. The second-order valence-electron chi connectivity index (χ2n) is 7.14. The van der Waals surface area contributed by atoms with Gasteiger partial charge in [-0.25, -0.2) is 9.69 Å². The molecule has 27 heavy (non-hydrogen) atoms. The van der Waals surface area contributed by atoms with Gasteiger partial charge in [0.25, 0.3) is 5.91 Å². The van der Waals surface area contributed by atoms with Crippen molar-refractivity contribution < 1.29 is 24.0 Å². The Balaban J connectivity index is 1.93. The highest BCUT2D eigenvalue weighted by atomic mass is 16.6. The molecule has 0 aromatic heterocycles. The number of nitrogens with zero attached hydrogens (tertiary/aromatic N) is 3. The molecule has 0 spiro atoms. The Morgan fingerprint density at radius 2 is 2.15 bits per heavy atom. The third-order valence-electron chi connectivity index (χ3n) is 4.81. The fourth-order valence-corrected chi connectivity index (χ4v) is 3.13. The molecule has 1 aliphatic heterocycles. The van der Waals surface area contributed by atoms with Gasteiger partial charge in [0.1, 0.15) is 13.2 Å². The molecule has 0 unspecified atom stereocenters. The molecule has 3 amide bonds. The van der Waals surface area contributed by atoms with Gasteiger partial charge in [-0.05, 0) is 30.8 Å². The minimum atomic E-state index is -0.541. The molecule has 1 aliphatic carbocycles. The zero-order valence-electron chi connectivity index (χ0n) is 16.1. The van der Waals surface area contributed by atoms with E-state index in [1.807, 2.05) is 33.8 Å². The standard InChI is InChI=1S/C19H25N3O5/c1-6-8-21-11-15(23)22(18(21)25)12-26-17(24)16-14(19(16,4)5)9-13(3)10-20-27-7-2/h1,9-10,14,16H,7-8,11-12H2,2-5H3/b13-9+,20-10?/t14-,16+/m1/s1. The highest BCUT2D eigenvalue weighted by Crippen LogP contribution is 2.59. The Hall–Kier alpha value is -2.82. The topological polar surface area (TPSA) is 88.5 Å². The molecule has 0 bridgehead atoms. The molecule has 2 fully saturated rings. The van der Waals surface area contributed by atoms with Crippen LogP contribution in [0.15, 0.2) is 16.8 Å². The summed E-state index contributed by atoms with van der Waals surface area (Å²) in [6, 6.07) is -0.541. The molecule has 0 N–H and O–H groups in total. The number of rotatable bonds is 8. The van der Waals surface area contributed by atoms with E-state index in [2.05, 4.69) is 11.1 Å². The number of oxime groups is 1. The lowest BCUT2D eigenvalue weighted by molar-refractivity contribution is -0.151. The van der Waals surface area contributed by atoms with E-state index < -0.39 is 24.6 Å². The molecule has 8 nitrogen and oxygen atoms in total. The Morgan fingerprint density at radius 3 is 2.78 bits per heavy atom. The maximum atomic E-state index is 12.4. The van der Waals surface area contributed by atoms with Crippen molar-refractivity contribution in [1.29, 1.82) is 0 Å². The number of hydrogen-bond acceptors (Lipinski definition) is 6. The van der Waals surface area contributed by atoms with Crippen LogP contribution in [-0.4, -0.2) is 60.3 Å². The first-order valence-corrected chi connectivity index (χ1v) is 8.77. The molecule has 0 aromatic carbocycles. The average molecular weight is 375 g/mol. The van der Waals surface area contributed by atoms with Crippen molar-refractivity contribution in [3.8, 4) is 12.3 Å². The number of ether oxygens (including phenoxy) is 1. The van der Waals surface area contributed by atoms with Crippen LogP contribution in [0.5, 0.6) is 0 Å². The number of hydrogen-bond donors (Lipinski definition) is 0. The maximum Gasteiger partial charge on any atom is 0.330 e. The number of urea groups is 1. The smallest absolute Gasteiger partial charge is 0.330 e. The van der Waals surface area contributed by atoms with Gasteiger partial charge in [0.15, 0.2) is 6.73 Å². The quantitative estimate of drug-likeness (QED) is 0.211. The number of carbonyl (C=O) groups is 3. The molecule has 1 heterocycles. The third kappa shape index (κ3) is 4.48. The van der Waals surface area contributed by atoms with Crippen molar-refractivity contribution in [2.75, 3.05) is 26.4 Å². The number of carbonyl (C=O) groups excluding carboxylic acids is 3. The summed E-state index contributed by atoms with van der Waals surface area (Å²) in [5.41, 5.74) is 0.610. The Kier molecular flexibility index (Phi) is 6.26. The highest BCUT2D eigenvalue weighted by Gasteiger charge is 2.61. The Bertz CT molecular complexity index is 719. The zero-order chi connectivity index (χ0) is 20.2. The number of amides is 3. The molecule has 1 saturated carbocycles. The van der Waals surface area contributed by atoms with Gasteiger partial charge in [-0.1, -0.05) is 31.0 Å². The van der Waals surface area contributed by atoms with E-state index in [1.54, 1.807) is 6.21 Å². The normalized spacial score (nSPS) is 24.3. The lowest BCUT2D eigenvalue weighted by Crippen LogP contribution is -2.36. The van der Waals surface area contributed by atoms with Gasteiger partial charge >= 0.3 is 12.0 Å². The highest BCUT2D eigenvalue weighted by molar-refractivity contribution is 6.02. The summed E-state index contributed by atoms with van der Waals surface area (Å²) in [4.78, 5) is 43.5. The van der Waals surface area contributed by atoms with Gasteiger partial charge in [-0.15, -0.1) is 6.42 Å². The molecule has 0 aromatic rings. The monoisotopic (exact) mass is 375 g/mol. The summed E-state index contributed by atoms with van der Waals surface area (Å²) in [7, 11) is 0. The summed E-state index contributed by atoms with van der Waals surface area (Å²) in [6.07, 6.45) is 8.73. The van der Waals surface area contributed by atoms with Crippen LogP contribution in [0.1, 0.15) is 27.7 Å². The van der Waals surface area contributed by atoms with Crippen LogP contribution in [0.2, 0.25) is 0 Å². The number of allylic oxidation sites excluding steroid dienone is 2. The van der Waals surface area contributed by atoms with Crippen molar-refractivity contribution in [2.45, 2.75) is 27.7 Å². The van der Waals surface area contributed by atoms with E-state index in [1.165, 1.54) is 4.90 Å². The minimum absolute atomic E-state index is 0.0130. The number of terminal acetylenes is 1. The molecule has 146 valence electrons. The van der Waals surface area contributed by atoms with Crippen LogP contribution < -0.4 is 0 Å². The van der Waals surface area contributed by atoms with Gasteiger partial charge < -0.3 is 14.5 Å². The molecule has 2 atom stereocenters. The first kappa shape index (κ1) is 20.5. The number of esters is 1. The van der Waals surface area contributed by atoms with Crippen molar-refractivity contribution >= 4 is 24.1 Å². The van der Waals surface area contributed by atoms with Gasteiger partial charge in [-0.2, -0.15) is 0 Å². The van der Waals surface area contributed by atoms with Crippen LogP contribution in [0, 0.1) is 29.6 Å². The van der Waals surface area contributed by atoms with Crippen molar-refractivity contribution in [3.05, 3.63) is 11.6 Å². The molecular formula is C19H25N3O5. The fraction of sp³-hybridized carbons (Fsp3) is 0.579. The van der Waals surface area contributed by atoms with E-state index >= 15 is 0 Å². The fourth-order valence-electron chi connectivity index (χ4n) is 3.13. The summed E-state index contributed by atoms with van der Waals surface area (Å²) in [6.45, 7) is 7.68. The lowest BCUT2D eigenvalue weighted by atomic mass is 10.1. The summed E-state index contributed by atoms with van der Waals surface area (Å²) >= 11 is 0. The average Bonchev–Trinajstić information content (AvgIpc) is 3.02. The van der Waals surface area contributed by atoms with E-state index in [0.717, 1.165) is 10.5 Å². The number of imide groups is 1. The Morgan fingerprint density at radius 1 is 1.44 bits per heavy atom. The van der Waals surface area contributed by atoms with Gasteiger partial charge in [0.2, 0.25) is 0 Å². The van der Waals surface area contributed by atoms with Crippen molar-refractivity contribution in [3.63, 3.8) is 0 Å². The zero-order valence-corrected chi connectivity index (χ0v) is 16.1. The second kappa shape index (κ2) is 8.25. The van der Waals surface area contributed by atoms with E-state index in [0.29, 0.717) is 6.61 Å². The van der Waals surface area contributed by atoms with Crippen molar-refractivity contribution in [1.82, 2.24) is 9.80 Å². The molecule has 2 aliphatic rings. The van der Waals surface area contributed by atoms with E-state index in [9.17, 15) is 14.4 Å². The maximum absolute atomic E-state index is 12.4. The predicted octanol–water partition coefficient (Wildman–Crippen LogP) is 1.63. The SMILES string of the molecule is C#CCN1CC(=O)N(COC(=O)[C@@H]2[C@@H](/C=C(\C)C=NOCC)C2(C)C)C1=O. The predicted molar refractivity (Wildman–Crippen MR) is 98.2 cm³/mol. The van der Waals surface area contributed by atoms with Gasteiger partial charge in [0, 0.05) is 0 Å². The van der Waals surface area contributed by atoms with Crippen LogP contribution in [0.3, 0.4) is 0 Å². The lowest BCUT2D eigenvalue weighted by Gasteiger charge is -2.15. The second-order valence-corrected chi connectivity index (χ2v) is 7.14. The Labute approximate surface area is 159 Å². The van der Waals surface area contributed by atoms with Gasteiger partial charge in [-0.3, -0.25) is 9.59 Å². The van der Waals surface area contributed by atoms with Crippen molar-refractivity contribution in [2.24, 2.45) is 22.4 Å². The molecule has 1 saturated heterocycles. The summed E-state index contributed by atoms with van der Waals surface area (Å²) in [5.74, 6) is 1.09. The van der Waals surface area contributed by atoms with Crippen LogP contribution in [0.25, 0.3) is 0 Å². The first-order valence-electron chi connectivity index (χ1n) is 8.77. The summed E-state index contributed by atoms with van der Waals surface area (Å²) in [5, 5.41) is 3.81.